The maximum atomic E-state index is 12.9. The highest BCUT2D eigenvalue weighted by atomic mass is 19.1. The number of pyridine rings is 1. The van der Waals surface area contributed by atoms with Crippen LogP contribution >= 0.6 is 0 Å². The van der Waals surface area contributed by atoms with Crippen LogP contribution in [0.5, 0.6) is 0 Å². The zero-order chi connectivity index (χ0) is 17.9. The van der Waals surface area contributed by atoms with E-state index in [-0.39, 0.29) is 18.1 Å². The number of fused-ring (bicyclic) bond motifs is 1. The average Bonchev–Trinajstić information content (AvgIpc) is 3.20. The summed E-state index contributed by atoms with van der Waals surface area (Å²) in [4.78, 5) is 26.2. The quantitative estimate of drug-likeness (QED) is 0.869. The molecular formula is C18H20FN5O2. The van der Waals surface area contributed by atoms with E-state index in [4.69, 9.17) is 4.74 Å². The Hall–Kier alpha value is -2.61. The summed E-state index contributed by atoms with van der Waals surface area (Å²) in [6.07, 6.45) is 7.00. The second-order valence-corrected chi connectivity index (χ2v) is 6.74. The molecule has 2 saturated heterocycles. The van der Waals surface area contributed by atoms with Gasteiger partial charge in [0, 0.05) is 37.9 Å². The van der Waals surface area contributed by atoms with Crippen LogP contribution in [-0.2, 0) is 16.1 Å². The molecule has 1 amide bonds. The summed E-state index contributed by atoms with van der Waals surface area (Å²) in [6, 6.07) is 3.77. The molecule has 4 rings (SSSR count). The van der Waals surface area contributed by atoms with Crippen LogP contribution in [0.25, 0.3) is 0 Å². The number of hydrogen-bond acceptors (Lipinski definition) is 6. The molecule has 0 aromatic carbocycles. The molecule has 8 heteroatoms. The second kappa shape index (κ2) is 7.33. The first-order valence-electron chi connectivity index (χ1n) is 8.71. The summed E-state index contributed by atoms with van der Waals surface area (Å²) in [5.41, 5.74) is 0.972. The Kier molecular flexibility index (Phi) is 4.75. The van der Waals surface area contributed by atoms with E-state index in [1.807, 2.05) is 17.0 Å². The van der Waals surface area contributed by atoms with Crippen LogP contribution in [0.2, 0.25) is 0 Å². The lowest BCUT2D eigenvalue weighted by Gasteiger charge is -2.19. The number of nitrogens with zero attached hydrogens (tertiary/aromatic N) is 4. The number of carbonyl (C=O) groups is 1. The van der Waals surface area contributed by atoms with Gasteiger partial charge in [-0.25, -0.2) is 14.4 Å². The van der Waals surface area contributed by atoms with Crippen LogP contribution in [0, 0.1) is 11.7 Å². The van der Waals surface area contributed by atoms with Crippen LogP contribution in [0.15, 0.2) is 36.9 Å². The van der Waals surface area contributed by atoms with E-state index in [2.05, 4.69) is 20.3 Å². The minimum absolute atomic E-state index is 0.0162. The first kappa shape index (κ1) is 16.8. The van der Waals surface area contributed by atoms with Crippen LogP contribution in [0.4, 0.5) is 10.3 Å². The fraction of sp³-hybridized carbons (Fsp3) is 0.444. The molecular weight excluding hydrogens is 337 g/mol. The SMILES string of the molecule is O=C(C[C@@H]1C[C@H]2CN(c3ncc(F)cn3)C[C@H]2O1)NCc1cccnc1. The van der Waals surface area contributed by atoms with Crippen molar-refractivity contribution in [2.75, 3.05) is 18.0 Å². The van der Waals surface area contributed by atoms with E-state index in [0.717, 1.165) is 18.5 Å². The van der Waals surface area contributed by atoms with Crippen molar-refractivity contribution in [2.24, 2.45) is 5.92 Å². The Bertz CT molecular complexity index is 744. The van der Waals surface area contributed by atoms with Crippen molar-refractivity contribution in [3.05, 3.63) is 48.3 Å². The molecule has 3 atom stereocenters. The summed E-state index contributed by atoms with van der Waals surface area (Å²) in [5.74, 6) is 0.411. The van der Waals surface area contributed by atoms with Crippen molar-refractivity contribution in [3.8, 4) is 0 Å². The number of anilines is 1. The number of halogens is 1. The van der Waals surface area contributed by atoms with Gasteiger partial charge in [0.05, 0.1) is 31.0 Å². The Labute approximate surface area is 150 Å². The number of aromatic nitrogens is 3. The molecule has 26 heavy (non-hydrogen) atoms. The Morgan fingerprint density at radius 2 is 2.15 bits per heavy atom. The number of nitrogens with one attached hydrogen (secondary N) is 1. The molecule has 2 fully saturated rings. The zero-order valence-corrected chi connectivity index (χ0v) is 14.2. The Balaban J connectivity index is 1.24. The van der Waals surface area contributed by atoms with Gasteiger partial charge in [0.15, 0.2) is 5.82 Å². The minimum Gasteiger partial charge on any atom is -0.372 e. The topological polar surface area (TPSA) is 80.2 Å². The van der Waals surface area contributed by atoms with Gasteiger partial charge in [0.2, 0.25) is 11.9 Å². The smallest absolute Gasteiger partial charge is 0.225 e. The number of ether oxygens (including phenoxy) is 1. The van der Waals surface area contributed by atoms with Crippen LogP contribution in [-0.4, -0.2) is 46.2 Å². The van der Waals surface area contributed by atoms with Crippen molar-refractivity contribution in [2.45, 2.75) is 31.6 Å². The van der Waals surface area contributed by atoms with Gasteiger partial charge in [-0.3, -0.25) is 9.78 Å². The van der Waals surface area contributed by atoms with Crippen LogP contribution in [0.1, 0.15) is 18.4 Å². The van der Waals surface area contributed by atoms with Gasteiger partial charge in [0.1, 0.15) is 0 Å². The summed E-state index contributed by atoms with van der Waals surface area (Å²) < 4.78 is 19.0. The lowest BCUT2D eigenvalue weighted by molar-refractivity contribution is -0.123. The summed E-state index contributed by atoms with van der Waals surface area (Å²) in [5, 5.41) is 2.91. The van der Waals surface area contributed by atoms with Gasteiger partial charge in [-0.05, 0) is 18.1 Å². The Morgan fingerprint density at radius 3 is 2.88 bits per heavy atom. The molecule has 0 unspecified atom stereocenters. The van der Waals surface area contributed by atoms with E-state index in [9.17, 15) is 9.18 Å². The molecule has 0 radical (unpaired) electrons. The molecule has 0 aliphatic carbocycles. The van der Waals surface area contributed by atoms with Gasteiger partial charge in [-0.15, -0.1) is 0 Å². The first-order chi connectivity index (χ1) is 12.7. The zero-order valence-electron chi connectivity index (χ0n) is 14.2. The molecule has 0 spiro atoms. The van der Waals surface area contributed by atoms with Gasteiger partial charge >= 0.3 is 0 Å². The molecule has 2 aliphatic rings. The highest BCUT2D eigenvalue weighted by molar-refractivity contribution is 5.76. The highest BCUT2D eigenvalue weighted by Crippen LogP contribution is 2.35. The predicted octanol–water partition coefficient (Wildman–Crippen LogP) is 1.31. The third-order valence-corrected chi connectivity index (χ3v) is 4.83. The molecule has 2 aromatic rings. The lowest BCUT2D eigenvalue weighted by atomic mass is 10.0. The van der Waals surface area contributed by atoms with Crippen molar-refractivity contribution in [1.82, 2.24) is 20.3 Å². The normalized spacial score (nSPS) is 24.5. The minimum atomic E-state index is -0.443. The molecule has 2 aliphatic heterocycles. The van der Waals surface area contributed by atoms with E-state index < -0.39 is 5.82 Å². The van der Waals surface area contributed by atoms with E-state index in [1.54, 1.807) is 12.4 Å². The van der Waals surface area contributed by atoms with Crippen molar-refractivity contribution < 1.29 is 13.9 Å². The number of hydrogen-bond donors (Lipinski definition) is 1. The first-order valence-corrected chi connectivity index (χ1v) is 8.71. The van der Waals surface area contributed by atoms with Crippen molar-refractivity contribution in [1.29, 1.82) is 0 Å². The molecule has 136 valence electrons. The number of carbonyl (C=O) groups excluding carboxylic acids is 1. The average molecular weight is 357 g/mol. The Morgan fingerprint density at radius 1 is 1.31 bits per heavy atom. The van der Waals surface area contributed by atoms with E-state index in [1.165, 1.54) is 12.4 Å². The molecule has 4 heterocycles. The van der Waals surface area contributed by atoms with Gasteiger partial charge in [-0.2, -0.15) is 0 Å². The molecule has 0 saturated carbocycles. The van der Waals surface area contributed by atoms with Crippen LogP contribution in [0.3, 0.4) is 0 Å². The van der Waals surface area contributed by atoms with Crippen molar-refractivity contribution in [3.63, 3.8) is 0 Å². The predicted molar refractivity (Wildman–Crippen MR) is 91.7 cm³/mol. The number of amides is 1. The second-order valence-electron chi connectivity index (χ2n) is 6.74. The maximum Gasteiger partial charge on any atom is 0.225 e. The van der Waals surface area contributed by atoms with Gasteiger partial charge < -0.3 is 15.0 Å². The fourth-order valence-electron chi connectivity index (χ4n) is 3.61. The largest absolute Gasteiger partial charge is 0.372 e. The van der Waals surface area contributed by atoms with Gasteiger partial charge in [0.25, 0.3) is 0 Å². The highest BCUT2D eigenvalue weighted by Gasteiger charge is 2.43. The van der Waals surface area contributed by atoms with Crippen LogP contribution < -0.4 is 10.2 Å². The van der Waals surface area contributed by atoms with E-state index in [0.29, 0.717) is 31.4 Å². The lowest BCUT2D eigenvalue weighted by Crippen LogP contribution is -2.30. The van der Waals surface area contributed by atoms with Crippen molar-refractivity contribution >= 4 is 11.9 Å². The molecule has 2 aromatic heterocycles. The third-order valence-electron chi connectivity index (χ3n) is 4.83. The molecule has 7 nitrogen and oxygen atoms in total. The molecule has 0 bridgehead atoms. The number of rotatable bonds is 5. The summed E-state index contributed by atoms with van der Waals surface area (Å²) in [7, 11) is 0. The monoisotopic (exact) mass is 357 g/mol. The molecule has 1 N–H and O–H groups in total. The standard InChI is InChI=1S/C18H20FN5O2/c19-14-8-22-18(23-9-14)24-10-13-4-15(26-16(13)11-24)5-17(25)21-7-12-2-1-3-20-6-12/h1-3,6,8-9,13,15-16H,4-5,7,10-11H2,(H,21,25)/t13-,15-,16+/m0/s1. The summed E-state index contributed by atoms with van der Waals surface area (Å²) >= 11 is 0. The van der Waals surface area contributed by atoms with Gasteiger partial charge in [-0.1, -0.05) is 6.07 Å². The fourth-order valence-corrected chi connectivity index (χ4v) is 3.61. The van der Waals surface area contributed by atoms with E-state index >= 15 is 0 Å². The maximum absolute atomic E-state index is 12.9. The summed E-state index contributed by atoms with van der Waals surface area (Å²) in [6.45, 7) is 1.91. The third kappa shape index (κ3) is 3.80.